The van der Waals surface area contributed by atoms with E-state index in [2.05, 4.69) is 31.9 Å². The highest BCUT2D eigenvalue weighted by molar-refractivity contribution is 9.10. The summed E-state index contributed by atoms with van der Waals surface area (Å²) in [6.45, 7) is 1.83. The molecule has 8 nitrogen and oxygen atoms in total. The van der Waals surface area contributed by atoms with Crippen molar-refractivity contribution in [2.75, 3.05) is 24.9 Å². The van der Waals surface area contributed by atoms with Gasteiger partial charge >= 0.3 is 0 Å². The van der Waals surface area contributed by atoms with Crippen LogP contribution in [0.4, 0.5) is 11.4 Å². The van der Waals surface area contributed by atoms with Gasteiger partial charge in [0.15, 0.2) is 0 Å². The third-order valence-corrected chi connectivity index (χ3v) is 7.81. The Labute approximate surface area is 263 Å². The van der Waals surface area contributed by atoms with Gasteiger partial charge in [0.2, 0.25) is 5.91 Å². The molecule has 0 bridgehead atoms. The van der Waals surface area contributed by atoms with Crippen molar-refractivity contribution in [2.45, 2.75) is 17.1 Å². The van der Waals surface area contributed by atoms with Crippen molar-refractivity contribution in [2.24, 2.45) is 0 Å². The predicted octanol–water partition coefficient (Wildman–Crippen LogP) is 7.00. The monoisotopic (exact) mass is 659 g/mol. The average molecular weight is 661 g/mol. The Hall–Kier alpha value is -4.54. The minimum Gasteiger partial charge on any atom is -0.497 e. The minimum atomic E-state index is -0.531. The SMILES string of the molecule is COc1ccc(OC)c(/C=C(\NC(=O)c2ccccc2)C(=O)Nc2ccc(SC(C)C(=O)Nc3ccc(Br)cc3)cc2)c1. The normalized spacial score (nSPS) is 11.7. The van der Waals surface area contributed by atoms with E-state index < -0.39 is 11.8 Å². The minimum absolute atomic E-state index is 0.0112. The lowest BCUT2D eigenvalue weighted by Crippen LogP contribution is -2.30. The molecule has 0 spiro atoms. The molecule has 0 aliphatic rings. The van der Waals surface area contributed by atoms with Gasteiger partial charge in [-0.1, -0.05) is 34.1 Å². The molecule has 3 N–H and O–H groups in total. The molecule has 220 valence electrons. The van der Waals surface area contributed by atoms with E-state index in [1.807, 2.05) is 43.3 Å². The Morgan fingerprint density at radius 1 is 0.814 bits per heavy atom. The van der Waals surface area contributed by atoms with Crippen LogP contribution in [0.1, 0.15) is 22.8 Å². The first-order valence-corrected chi connectivity index (χ1v) is 14.9. The molecule has 0 aliphatic carbocycles. The number of nitrogens with one attached hydrogen (secondary N) is 3. The Kier molecular flexibility index (Phi) is 11.0. The van der Waals surface area contributed by atoms with Crippen LogP contribution in [0.5, 0.6) is 11.5 Å². The molecule has 43 heavy (non-hydrogen) atoms. The lowest BCUT2D eigenvalue weighted by atomic mass is 10.1. The van der Waals surface area contributed by atoms with Crippen LogP contribution in [0.25, 0.3) is 6.08 Å². The largest absolute Gasteiger partial charge is 0.497 e. The molecule has 0 heterocycles. The number of ether oxygens (including phenoxy) is 2. The molecule has 0 saturated carbocycles. The van der Waals surface area contributed by atoms with Gasteiger partial charge in [-0.05, 0) is 91.9 Å². The summed E-state index contributed by atoms with van der Waals surface area (Å²) < 4.78 is 11.7. The number of thioether (sulfide) groups is 1. The van der Waals surface area contributed by atoms with Crippen molar-refractivity contribution in [1.29, 1.82) is 0 Å². The molecule has 0 aliphatic heterocycles. The molecule has 0 radical (unpaired) electrons. The first kappa shape index (κ1) is 31.4. The Morgan fingerprint density at radius 2 is 1.47 bits per heavy atom. The van der Waals surface area contributed by atoms with Gasteiger partial charge < -0.3 is 25.4 Å². The van der Waals surface area contributed by atoms with Gasteiger partial charge in [-0.15, -0.1) is 11.8 Å². The zero-order valence-corrected chi connectivity index (χ0v) is 26.1. The third-order valence-electron chi connectivity index (χ3n) is 6.17. The number of halogens is 1. The number of carbonyl (C=O) groups excluding carboxylic acids is 3. The molecular formula is C33H30BrN3O5S. The molecule has 4 rings (SSSR count). The average Bonchev–Trinajstić information content (AvgIpc) is 3.03. The number of methoxy groups -OCH3 is 2. The maximum atomic E-state index is 13.5. The fourth-order valence-corrected chi connectivity index (χ4v) is 5.03. The molecule has 0 fully saturated rings. The van der Waals surface area contributed by atoms with Crippen LogP contribution >= 0.6 is 27.7 Å². The fraction of sp³-hybridized carbons (Fsp3) is 0.121. The lowest BCUT2D eigenvalue weighted by molar-refractivity contribution is -0.115. The third kappa shape index (κ3) is 8.97. The van der Waals surface area contributed by atoms with Crippen LogP contribution in [-0.2, 0) is 9.59 Å². The van der Waals surface area contributed by atoms with Crippen LogP contribution in [0, 0.1) is 0 Å². The first-order valence-electron chi connectivity index (χ1n) is 13.2. The van der Waals surface area contributed by atoms with Crippen LogP contribution in [0.15, 0.2) is 112 Å². The molecule has 0 aromatic heterocycles. The topological polar surface area (TPSA) is 106 Å². The number of amides is 3. The van der Waals surface area contributed by atoms with Gasteiger partial charge in [0.05, 0.1) is 19.5 Å². The lowest BCUT2D eigenvalue weighted by Gasteiger charge is -2.14. The second kappa shape index (κ2) is 15.1. The highest BCUT2D eigenvalue weighted by Gasteiger charge is 2.18. The Bertz CT molecular complexity index is 1610. The Morgan fingerprint density at radius 3 is 2.12 bits per heavy atom. The summed E-state index contributed by atoms with van der Waals surface area (Å²) in [5, 5.41) is 8.12. The molecular weight excluding hydrogens is 630 g/mol. The zero-order valence-electron chi connectivity index (χ0n) is 23.7. The molecule has 1 unspecified atom stereocenters. The maximum Gasteiger partial charge on any atom is 0.272 e. The van der Waals surface area contributed by atoms with Gasteiger partial charge in [-0.3, -0.25) is 14.4 Å². The zero-order chi connectivity index (χ0) is 30.8. The van der Waals surface area contributed by atoms with Gasteiger partial charge in [0, 0.05) is 31.9 Å². The second-order valence-electron chi connectivity index (χ2n) is 9.22. The van der Waals surface area contributed by atoms with Crippen LogP contribution < -0.4 is 25.4 Å². The predicted molar refractivity (Wildman–Crippen MR) is 175 cm³/mol. The van der Waals surface area contributed by atoms with E-state index in [1.165, 1.54) is 32.1 Å². The standard InChI is InChI=1S/C33H30BrN3O5S/c1-21(31(38)35-25-11-9-24(34)10-12-25)43-28-16-13-26(14-17-28)36-33(40)29(37-32(39)22-7-5-4-6-8-22)20-23-19-27(41-2)15-18-30(23)42-3/h4-21H,1-3H3,(H,35,38)(H,36,40)(H,37,39)/b29-20-. The molecule has 4 aromatic rings. The quantitative estimate of drug-likeness (QED) is 0.118. The van der Waals surface area contributed by atoms with Gasteiger partial charge in [0.1, 0.15) is 17.2 Å². The van der Waals surface area contributed by atoms with E-state index in [1.54, 1.807) is 60.7 Å². The maximum absolute atomic E-state index is 13.5. The van der Waals surface area contributed by atoms with Crippen LogP contribution in [0.3, 0.4) is 0 Å². The number of rotatable bonds is 11. The van der Waals surface area contributed by atoms with E-state index in [0.29, 0.717) is 34.0 Å². The van der Waals surface area contributed by atoms with Gasteiger partial charge in [-0.25, -0.2) is 0 Å². The summed E-state index contributed by atoms with van der Waals surface area (Å²) >= 11 is 4.78. The van der Waals surface area contributed by atoms with Crippen molar-refractivity contribution in [3.05, 3.63) is 118 Å². The van der Waals surface area contributed by atoms with Crippen LogP contribution in [-0.4, -0.2) is 37.2 Å². The van der Waals surface area contributed by atoms with Crippen molar-refractivity contribution in [1.82, 2.24) is 5.32 Å². The van der Waals surface area contributed by atoms with Crippen molar-refractivity contribution < 1.29 is 23.9 Å². The van der Waals surface area contributed by atoms with Crippen molar-refractivity contribution in [3.8, 4) is 11.5 Å². The van der Waals surface area contributed by atoms with Crippen LogP contribution in [0.2, 0.25) is 0 Å². The summed E-state index contributed by atoms with van der Waals surface area (Å²) in [5.74, 6) is -0.0295. The van der Waals surface area contributed by atoms with E-state index >= 15 is 0 Å². The number of anilines is 2. The Balaban J connectivity index is 1.49. The number of carbonyl (C=O) groups is 3. The van der Waals surface area contributed by atoms with Gasteiger partial charge in [0.25, 0.3) is 11.8 Å². The molecule has 10 heteroatoms. The van der Waals surface area contributed by atoms with Gasteiger partial charge in [-0.2, -0.15) is 0 Å². The summed E-state index contributed by atoms with van der Waals surface area (Å²) in [6, 6.07) is 28.3. The van der Waals surface area contributed by atoms with Crippen molar-refractivity contribution in [3.63, 3.8) is 0 Å². The summed E-state index contributed by atoms with van der Waals surface area (Å²) in [4.78, 5) is 40.0. The summed E-state index contributed by atoms with van der Waals surface area (Å²) in [5.41, 5.74) is 2.19. The molecule has 0 saturated heterocycles. The smallest absolute Gasteiger partial charge is 0.272 e. The number of hydrogen-bond acceptors (Lipinski definition) is 6. The second-order valence-corrected chi connectivity index (χ2v) is 11.6. The molecule has 3 amide bonds. The number of benzene rings is 4. The fourth-order valence-electron chi connectivity index (χ4n) is 3.90. The number of hydrogen-bond donors (Lipinski definition) is 3. The van der Waals surface area contributed by atoms with E-state index in [-0.39, 0.29) is 16.9 Å². The highest BCUT2D eigenvalue weighted by atomic mass is 79.9. The van der Waals surface area contributed by atoms with E-state index in [9.17, 15) is 14.4 Å². The first-order chi connectivity index (χ1) is 20.7. The summed E-state index contributed by atoms with van der Waals surface area (Å²) in [7, 11) is 3.06. The highest BCUT2D eigenvalue weighted by Crippen LogP contribution is 2.28. The van der Waals surface area contributed by atoms with E-state index in [4.69, 9.17) is 9.47 Å². The van der Waals surface area contributed by atoms with Crippen molar-refractivity contribution >= 4 is 62.9 Å². The molecule has 4 aromatic carbocycles. The molecule has 1 atom stereocenters. The summed E-state index contributed by atoms with van der Waals surface area (Å²) in [6.07, 6.45) is 1.54. The van der Waals surface area contributed by atoms with E-state index in [0.717, 1.165) is 9.37 Å².